The second-order valence-corrected chi connectivity index (χ2v) is 5.23. The van der Waals surface area contributed by atoms with Crippen molar-refractivity contribution in [2.75, 3.05) is 0 Å². The molecule has 0 aliphatic carbocycles. The molecule has 1 atom stereocenters. The fourth-order valence-electron chi connectivity index (χ4n) is 1.46. The van der Waals surface area contributed by atoms with Crippen molar-refractivity contribution in [3.63, 3.8) is 0 Å². The molecule has 0 bridgehead atoms. The van der Waals surface area contributed by atoms with E-state index in [1.54, 1.807) is 11.3 Å². The van der Waals surface area contributed by atoms with Crippen molar-refractivity contribution in [1.82, 2.24) is 10.3 Å². The number of amides is 1. The highest BCUT2D eigenvalue weighted by Gasteiger charge is 2.16. The SMILES string of the molecule is CC=CCC(=O)NC(CC)c1nc(C)c(C)s1. The van der Waals surface area contributed by atoms with E-state index in [9.17, 15) is 4.79 Å². The topological polar surface area (TPSA) is 42.0 Å². The lowest BCUT2D eigenvalue weighted by Crippen LogP contribution is -2.27. The van der Waals surface area contributed by atoms with Crippen LogP contribution in [0.4, 0.5) is 0 Å². The lowest BCUT2D eigenvalue weighted by Gasteiger charge is -2.13. The van der Waals surface area contributed by atoms with Gasteiger partial charge in [0.25, 0.3) is 0 Å². The molecule has 94 valence electrons. The van der Waals surface area contributed by atoms with Gasteiger partial charge in [0.15, 0.2) is 0 Å². The van der Waals surface area contributed by atoms with Crippen molar-refractivity contribution in [3.8, 4) is 0 Å². The molecule has 0 saturated heterocycles. The molecular formula is C13H20N2OS. The van der Waals surface area contributed by atoms with E-state index in [0.29, 0.717) is 6.42 Å². The summed E-state index contributed by atoms with van der Waals surface area (Å²) in [5.41, 5.74) is 1.06. The third kappa shape index (κ3) is 3.97. The maximum Gasteiger partial charge on any atom is 0.224 e. The zero-order valence-corrected chi connectivity index (χ0v) is 11.7. The van der Waals surface area contributed by atoms with E-state index in [1.165, 1.54) is 4.88 Å². The minimum Gasteiger partial charge on any atom is -0.347 e. The van der Waals surface area contributed by atoms with Gasteiger partial charge in [0.05, 0.1) is 11.7 Å². The van der Waals surface area contributed by atoms with E-state index < -0.39 is 0 Å². The highest BCUT2D eigenvalue weighted by atomic mass is 32.1. The van der Waals surface area contributed by atoms with Crippen molar-refractivity contribution >= 4 is 17.2 Å². The van der Waals surface area contributed by atoms with E-state index in [1.807, 2.05) is 26.0 Å². The zero-order valence-electron chi connectivity index (χ0n) is 10.9. The van der Waals surface area contributed by atoms with Gasteiger partial charge in [-0.05, 0) is 27.2 Å². The standard InChI is InChI=1S/C13H20N2OS/c1-5-7-8-12(16)15-11(6-2)13-14-9(3)10(4)17-13/h5,7,11H,6,8H2,1-4H3,(H,15,16). The minimum absolute atomic E-state index is 0.0464. The van der Waals surface area contributed by atoms with Crippen molar-refractivity contribution in [2.45, 2.75) is 46.6 Å². The highest BCUT2D eigenvalue weighted by Crippen LogP contribution is 2.24. The van der Waals surface area contributed by atoms with Gasteiger partial charge in [-0.2, -0.15) is 0 Å². The van der Waals surface area contributed by atoms with Gasteiger partial charge in [-0.25, -0.2) is 4.98 Å². The molecule has 1 unspecified atom stereocenters. The van der Waals surface area contributed by atoms with Gasteiger partial charge in [-0.1, -0.05) is 19.1 Å². The number of rotatable bonds is 5. The Balaban J connectivity index is 2.68. The highest BCUT2D eigenvalue weighted by molar-refractivity contribution is 7.11. The number of aryl methyl sites for hydroxylation is 2. The van der Waals surface area contributed by atoms with E-state index in [2.05, 4.69) is 24.1 Å². The largest absolute Gasteiger partial charge is 0.347 e. The van der Waals surface area contributed by atoms with Crippen LogP contribution >= 0.6 is 11.3 Å². The Morgan fingerprint density at radius 1 is 1.53 bits per heavy atom. The number of nitrogens with one attached hydrogen (secondary N) is 1. The average Bonchev–Trinajstić information content (AvgIpc) is 2.63. The molecule has 0 aliphatic rings. The summed E-state index contributed by atoms with van der Waals surface area (Å²) in [5.74, 6) is 0.0560. The molecule has 1 N–H and O–H groups in total. The molecule has 4 heteroatoms. The van der Waals surface area contributed by atoms with Crippen molar-refractivity contribution < 1.29 is 4.79 Å². The van der Waals surface area contributed by atoms with Crippen LogP contribution in [0.25, 0.3) is 0 Å². The molecule has 0 spiro atoms. The van der Waals surface area contributed by atoms with Gasteiger partial charge in [-0.15, -0.1) is 11.3 Å². The smallest absolute Gasteiger partial charge is 0.224 e. The number of thiazole rings is 1. The maximum atomic E-state index is 11.7. The Morgan fingerprint density at radius 2 is 2.24 bits per heavy atom. The Kier molecular flexibility index (Phi) is 5.35. The minimum atomic E-state index is 0.0464. The zero-order chi connectivity index (χ0) is 12.8. The summed E-state index contributed by atoms with van der Waals surface area (Å²) in [6.45, 7) is 8.04. The molecule has 1 rings (SSSR count). The lowest BCUT2D eigenvalue weighted by atomic mass is 10.2. The molecule has 1 aromatic heterocycles. The summed E-state index contributed by atoms with van der Waals surface area (Å²) in [6.07, 6.45) is 5.06. The molecule has 1 amide bonds. The molecule has 1 heterocycles. The van der Waals surface area contributed by atoms with Crippen molar-refractivity contribution in [2.24, 2.45) is 0 Å². The van der Waals surface area contributed by atoms with Crippen LogP contribution in [0.2, 0.25) is 0 Å². The molecule has 0 radical (unpaired) electrons. The van der Waals surface area contributed by atoms with Gasteiger partial charge >= 0.3 is 0 Å². The quantitative estimate of drug-likeness (QED) is 0.817. The van der Waals surface area contributed by atoms with E-state index in [0.717, 1.165) is 17.1 Å². The second kappa shape index (κ2) is 6.55. The number of allylic oxidation sites excluding steroid dienone is 1. The Morgan fingerprint density at radius 3 is 2.71 bits per heavy atom. The summed E-state index contributed by atoms with van der Waals surface area (Å²) < 4.78 is 0. The van der Waals surface area contributed by atoms with Gasteiger partial charge in [0.1, 0.15) is 5.01 Å². The van der Waals surface area contributed by atoms with Crippen LogP contribution in [0.5, 0.6) is 0 Å². The fourth-order valence-corrected chi connectivity index (χ4v) is 2.52. The van der Waals surface area contributed by atoms with Crippen LogP contribution in [0.15, 0.2) is 12.2 Å². The van der Waals surface area contributed by atoms with Gasteiger partial charge in [0, 0.05) is 11.3 Å². The lowest BCUT2D eigenvalue weighted by molar-refractivity contribution is -0.121. The number of hydrogen-bond acceptors (Lipinski definition) is 3. The molecular weight excluding hydrogens is 232 g/mol. The van der Waals surface area contributed by atoms with Crippen molar-refractivity contribution in [3.05, 3.63) is 27.7 Å². The van der Waals surface area contributed by atoms with Crippen molar-refractivity contribution in [1.29, 1.82) is 0 Å². The van der Waals surface area contributed by atoms with Crippen LogP contribution in [0.1, 0.15) is 48.3 Å². The monoisotopic (exact) mass is 252 g/mol. The number of hydrogen-bond donors (Lipinski definition) is 1. The molecule has 1 aromatic rings. The number of nitrogens with zero attached hydrogens (tertiary/aromatic N) is 1. The molecule has 0 saturated carbocycles. The summed E-state index contributed by atoms with van der Waals surface area (Å²) >= 11 is 1.67. The molecule has 17 heavy (non-hydrogen) atoms. The Bertz CT molecular complexity index is 390. The normalized spacial score (nSPS) is 12.9. The van der Waals surface area contributed by atoms with Gasteiger partial charge < -0.3 is 5.32 Å². The number of carbonyl (C=O) groups is 1. The fraction of sp³-hybridized carbons (Fsp3) is 0.538. The first-order valence-corrected chi connectivity index (χ1v) is 6.74. The first-order chi connectivity index (χ1) is 8.08. The maximum absolute atomic E-state index is 11.7. The number of aromatic nitrogens is 1. The molecule has 3 nitrogen and oxygen atoms in total. The first kappa shape index (κ1) is 13.9. The predicted molar refractivity (Wildman–Crippen MR) is 72.2 cm³/mol. The van der Waals surface area contributed by atoms with Crippen LogP contribution < -0.4 is 5.32 Å². The van der Waals surface area contributed by atoms with Gasteiger partial charge in [-0.3, -0.25) is 4.79 Å². The van der Waals surface area contributed by atoms with Crippen LogP contribution in [-0.4, -0.2) is 10.9 Å². The molecule has 0 fully saturated rings. The summed E-state index contributed by atoms with van der Waals surface area (Å²) in [5, 5.41) is 4.03. The summed E-state index contributed by atoms with van der Waals surface area (Å²) in [7, 11) is 0. The van der Waals surface area contributed by atoms with E-state index in [-0.39, 0.29) is 11.9 Å². The third-order valence-electron chi connectivity index (χ3n) is 2.63. The van der Waals surface area contributed by atoms with Gasteiger partial charge in [0.2, 0.25) is 5.91 Å². The second-order valence-electron chi connectivity index (χ2n) is 4.00. The molecule has 0 aliphatic heterocycles. The molecule has 0 aromatic carbocycles. The average molecular weight is 252 g/mol. The van der Waals surface area contributed by atoms with E-state index in [4.69, 9.17) is 0 Å². The van der Waals surface area contributed by atoms with Crippen LogP contribution in [0.3, 0.4) is 0 Å². The number of carbonyl (C=O) groups excluding carboxylic acids is 1. The summed E-state index contributed by atoms with van der Waals surface area (Å²) in [6, 6.07) is 0.0464. The third-order valence-corrected chi connectivity index (χ3v) is 3.81. The summed E-state index contributed by atoms with van der Waals surface area (Å²) in [4.78, 5) is 17.4. The Hall–Kier alpha value is -1.16. The first-order valence-electron chi connectivity index (χ1n) is 5.92. The van der Waals surface area contributed by atoms with Crippen LogP contribution in [-0.2, 0) is 4.79 Å². The Labute approximate surface area is 107 Å². The predicted octanol–water partition coefficient (Wildman–Crippen LogP) is 3.29. The van der Waals surface area contributed by atoms with E-state index >= 15 is 0 Å². The van der Waals surface area contributed by atoms with Crippen LogP contribution in [0, 0.1) is 13.8 Å².